The fourth-order valence-electron chi connectivity index (χ4n) is 4.89. The molecule has 1 atom stereocenters. The molecule has 170 valence electrons. The summed E-state index contributed by atoms with van der Waals surface area (Å²) in [5, 5.41) is 4.31. The van der Waals surface area contributed by atoms with Gasteiger partial charge in [-0.25, -0.2) is 4.98 Å². The molecule has 2 aromatic heterocycles. The van der Waals surface area contributed by atoms with Crippen molar-refractivity contribution in [2.24, 2.45) is 5.92 Å². The van der Waals surface area contributed by atoms with Crippen LogP contribution in [0.4, 0.5) is 5.82 Å². The van der Waals surface area contributed by atoms with E-state index in [1.807, 2.05) is 54.4 Å². The summed E-state index contributed by atoms with van der Waals surface area (Å²) in [6.07, 6.45) is 4.48. The number of hydrogen-bond acceptors (Lipinski definition) is 4. The van der Waals surface area contributed by atoms with Gasteiger partial charge in [0.05, 0.1) is 17.0 Å². The lowest BCUT2D eigenvalue weighted by Crippen LogP contribution is -2.46. The molecule has 7 heteroatoms. The molecule has 1 saturated heterocycles. The van der Waals surface area contributed by atoms with Gasteiger partial charge in [0, 0.05) is 43.3 Å². The van der Waals surface area contributed by atoms with Crippen LogP contribution in [0.2, 0.25) is 0 Å². The Morgan fingerprint density at radius 3 is 2.88 bits per heavy atom. The predicted octanol–water partition coefficient (Wildman–Crippen LogP) is 3.47. The summed E-state index contributed by atoms with van der Waals surface area (Å²) < 4.78 is 1.77. The zero-order chi connectivity index (χ0) is 22.8. The molecular weight excluding hydrogens is 414 g/mol. The summed E-state index contributed by atoms with van der Waals surface area (Å²) in [4.78, 5) is 36.1. The molecule has 1 aliphatic rings. The Morgan fingerprint density at radius 1 is 1.18 bits per heavy atom. The van der Waals surface area contributed by atoms with Gasteiger partial charge in [-0.2, -0.15) is 0 Å². The minimum absolute atomic E-state index is 0.0520. The fourth-order valence-corrected chi connectivity index (χ4v) is 4.89. The number of carbonyl (C=O) groups excluding carboxylic acids is 1. The number of piperidine rings is 1. The van der Waals surface area contributed by atoms with Gasteiger partial charge in [0.25, 0.3) is 5.56 Å². The van der Waals surface area contributed by atoms with Crippen LogP contribution in [0.3, 0.4) is 0 Å². The van der Waals surface area contributed by atoms with Gasteiger partial charge in [-0.05, 0) is 49.9 Å². The molecule has 0 saturated carbocycles. The minimum atomic E-state index is -0.149. The Kier molecular flexibility index (Phi) is 5.86. The number of aromatic amines is 1. The third kappa shape index (κ3) is 4.11. The zero-order valence-corrected chi connectivity index (χ0v) is 18.9. The van der Waals surface area contributed by atoms with Crippen LogP contribution in [0.1, 0.15) is 25.3 Å². The smallest absolute Gasteiger partial charge is 0.293 e. The number of nitrogens with zero attached hydrogens (tertiary/aromatic N) is 3. The second-order valence-corrected chi connectivity index (χ2v) is 8.66. The molecule has 0 bridgehead atoms. The van der Waals surface area contributed by atoms with E-state index >= 15 is 0 Å². The Morgan fingerprint density at radius 2 is 2.00 bits per heavy atom. The van der Waals surface area contributed by atoms with Gasteiger partial charge in [0.15, 0.2) is 5.82 Å². The minimum Gasteiger partial charge on any atom is -0.361 e. The predicted molar refractivity (Wildman–Crippen MR) is 132 cm³/mol. The van der Waals surface area contributed by atoms with Gasteiger partial charge >= 0.3 is 0 Å². The van der Waals surface area contributed by atoms with Crippen LogP contribution in [0.5, 0.6) is 0 Å². The lowest BCUT2D eigenvalue weighted by atomic mass is 9.97. The van der Waals surface area contributed by atoms with Gasteiger partial charge < -0.3 is 19.8 Å². The molecule has 0 aliphatic carbocycles. The first-order valence-electron chi connectivity index (χ1n) is 11.7. The van der Waals surface area contributed by atoms with E-state index in [1.54, 1.807) is 4.57 Å². The van der Waals surface area contributed by atoms with Crippen LogP contribution in [-0.2, 0) is 17.8 Å². The number of nitrogens with one attached hydrogen (secondary N) is 2. The lowest BCUT2D eigenvalue weighted by molar-refractivity contribution is -0.125. The Labute approximate surface area is 192 Å². The molecule has 0 spiro atoms. The first kappa shape index (κ1) is 21.2. The van der Waals surface area contributed by atoms with Crippen molar-refractivity contribution in [2.45, 2.75) is 32.7 Å². The molecule has 1 fully saturated rings. The molecule has 3 heterocycles. The third-order valence-corrected chi connectivity index (χ3v) is 6.61. The number of rotatable bonds is 6. The van der Waals surface area contributed by atoms with Gasteiger partial charge in [-0.15, -0.1) is 0 Å². The van der Waals surface area contributed by atoms with Crippen molar-refractivity contribution in [1.29, 1.82) is 0 Å². The van der Waals surface area contributed by atoms with Crippen LogP contribution < -0.4 is 15.8 Å². The quantitative estimate of drug-likeness (QED) is 0.478. The molecule has 33 heavy (non-hydrogen) atoms. The molecule has 2 aromatic carbocycles. The summed E-state index contributed by atoms with van der Waals surface area (Å²) in [6.45, 7) is 4.40. The molecule has 4 aromatic rings. The second kappa shape index (κ2) is 9.10. The van der Waals surface area contributed by atoms with E-state index in [1.165, 1.54) is 10.9 Å². The number of aromatic nitrogens is 3. The van der Waals surface area contributed by atoms with Crippen LogP contribution in [0, 0.1) is 5.92 Å². The average Bonchev–Trinajstić information content (AvgIpc) is 3.27. The number of carbonyl (C=O) groups is 1. The Bertz CT molecular complexity index is 1360. The molecule has 5 rings (SSSR count). The van der Waals surface area contributed by atoms with Gasteiger partial charge in [-0.1, -0.05) is 30.3 Å². The Balaban J connectivity index is 1.27. The van der Waals surface area contributed by atoms with E-state index in [0.29, 0.717) is 25.5 Å². The number of amides is 1. The molecule has 1 unspecified atom stereocenters. The number of para-hydroxylation sites is 3. The van der Waals surface area contributed by atoms with Crippen LogP contribution >= 0.6 is 0 Å². The van der Waals surface area contributed by atoms with Crippen molar-refractivity contribution in [1.82, 2.24) is 19.9 Å². The topological polar surface area (TPSA) is 83.0 Å². The number of benzene rings is 2. The normalized spacial score (nSPS) is 16.4. The van der Waals surface area contributed by atoms with E-state index in [9.17, 15) is 9.59 Å². The maximum Gasteiger partial charge on any atom is 0.293 e. The van der Waals surface area contributed by atoms with E-state index in [2.05, 4.69) is 27.4 Å². The highest BCUT2D eigenvalue weighted by Crippen LogP contribution is 2.22. The SMILES string of the molecule is CCn1c(=O)c(N2CCCC(C(=O)NCCc3c[nH]c4ccccc34)C2)nc2ccccc21. The van der Waals surface area contributed by atoms with Crippen LogP contribution in [-0.4, -0.2) is 40.1 Å². The monoisotopic (exact) mass is 443 g/mol. The standard InChI is InChI=1S/C26H29N5O2/c1-2-31-23-12-6-5-11-22(23)29-24(26(31)33)30-15-7-8-19(17-30)25(32)27-14-13-18-16-28-21-10-4-3-9-20(18)21/h3-6,9-12,16,19,28H,2,7-8,13-15,17H2,1H3,(H,27,32). The number of aryl methyl sites for hydroxylation is 1. The molecule has 1 amide bonds. The van der Waals surface area contributed by atoms with Gasteiger partial charge in [-0.3, -0.25) is 9.59 Å². The van der Waals surface area contributed by atoms with E-state index < -0.39 is 0 Å². The van der Waals surface area contributed by atoms with Crippen LogP contribution in [0.15, 0.2) is 59.5 Å². The number of hydrogen-bond donors (Lipinski definition) is 2. The zero-order valence-electron chi connectivity index (χ0n) is 18.9. The van der Waals surface area contributed by atoms with Crippen molar-refractivity contribution >= 4 is 33.7 Å². The summed E-state index contributed by atoms with van der Waals surface area (Å²) in [5.74, 6) is 0.354. The molecule has 1 aliphatic heterocycles. The largest absolute Gasteiger partial charge is 0.361 e. The van der Waals surface area contributed by atoms with Crippen molar-refractivity contribution < 1.29 is 4.79 Å². The summed E-state index contributed by atoms with van der Waals surface area (Å²) in [5.41, 5.74) is 3.88. The summed E-state index contributed by atoms with van der Waals surface area (Å²) >= 11 is 0. The Hall–Kier alpha value is -3.61. The molecular formula is C26H29N5O2. The van der Waals surface area contributed by atoms with E-state index in [-0.39, 0.29) is 17.4 Å². The van der Waals surface area contributed by atoms with E-state index in [4.69, 9.17) is 0 Å². The van der Waals surface area contributed by atoms with E-state index in [0.717, 1.165) is 42.4 Å². The second-order valence-electron chi connectivity index (χ2n) is 8.66. The maximum absolute atomic E-state index is 13.2. The summed E-state index contributed by atoms with van der Waals surface area (Å²) in [7, 11) is 0. The van der Waals surface area contributed by atoms with Crippen molar-refractivity contribution in [3.05, 3.63) is 70.6 Å². The highest BCUT2D eigenvalue weighted by molar-refractivity contribution is 5.83. The highest BCUT2D eigenvalue weighted by atomic mass is 16.2. The van der Waals surface area contributed by atoms with Gasteiger partial charge in [0.2, 0.25) is 5.91 Å². The molecule has 2 N–H and O–H groups in total. The highest BCUT2D eigenvalue weighted by Gasteiger charge is 2.28. The number of H-pyrrole nitrogens is 1. The fraction of sp³-hybridized carbons (Fsp3) is 0.346. The maximum atomic E-state index is 13.2. The average molecular weight is 444 g/mol. The van der Waals surface area contributed by atoms with Crippen molar-refractivity contribution in [2.75, 3.05) is 24.5 Å². The molecule has 7 nitrogen and oxygen atoms in total. The first-order valence-corrected chi connectivity index (χ1v) is 11.7. The number of fused-ring (bicyclic) bond motifs is 2. The van der Waals surface area contributed by atoms with Gasteiger partial charge in [0.1, 0.15) is 0 Å². The lowest BCUT2D eigenvalue weighted by Gasteiger charge is -2.32. The van der Waals surface area contributed by atoms with Crippen LogP contribution in [0.25, 0.3) is 21.9 Å². The molecule has 0 radical (unpaired) electrons. The first-order chi connectivity index (χ1) is 16.2. The van der Waals surface area contributed by atoms with Crippen molar-refractivity contribution in [3.8, 4) is 0 Å². The van der Waals surface area contributed by atoms with Crippen molar-refractivity contribution in [3.63, 3.8) is 0 Å². The summed E-state index contributed by atoms with van der Waals surface area (Å²) in [6, 6.07) is 15.9. The number of anilines is 1. The third-order valence-electron chi connectivity index (χ3n) is 6.61.